The number of hydrogen-bond acceptors (Lipinski definition) is 7. The number of nitrogen functional groups attached to an aromatic ring is 1. The van der Waals surface area contributed by atoms with Crippen molar-refractivity contribution >= 4 is 28.3 Å². The SMILES string of the molecule is CNC(=O)c1c(N)nsc1NCCCn1ccnn1. The first-order chi connectivity index (χ1) is 9.22. The highest BCUT2D eigenvalue weighted by atomic mass is 32.1. The van der Waals surface area contributed by atoms with Gasteiger partial charge in [-0.25, -0.2) is 0 Å². The molecule has 0 spiro atoms. The maximum atomic E-state index is 11.6. The first kappa shape index (κ1) is 13.3. The molecule has 0 aliphatic heterocycles. The van der Waals surface area contributed by atoms with Crippen molar-refractivity contribution in [3.05, 3.63) is 18.0 Å². The third kappa shape index (κ3) is 3.19. The van der Waals surface area contributed by atoms with Gasteiger partial charge in [0.2, 0.25) is 0 Å². The summed E-state index contributed by atoms with van der Waals surface area (Å²) < 4.78 is 5.74. The lowest BCUT2D eigenvalue weighted by Gasteiger charge is -2.06. The highest BCUT2D eigenvalue weighted by Crippen LogP contribution is 2.26. The van der Waals surface area contributed by atoms with Crippen LogP contribution in [0.3, 0.4) is 0 Å². The summed E-state index contributed by atoms with van der Waals surface area (Å²) >= 11 is 1.19. The van der Waals surface area contributed by atoms with E-state index >= 15 is 0 Å². The van der Waals surface area contributed by atoms with Crippen molar-refractivity contribution in [2.24, 2.45) is 0 Å². The Morgan fingerprint density at radius 1 is 1.58 bits per heavy atom. The van der Waals surface area contributed by atoms with Gasteiger partial charge in [0.15, 0.2) is 5.82 Å². The van der Waals surface area contributed by atoms with E-state index in [1.807, 2.05) is 0 Å². The van der Waals surface area contributed by atoms with E-state index in [-0.39, 0.29) is 11.7 Å². The average molecular weight is 281 g/mol. The normalized spacial score (nSPS) is 10.4. The summed E-state index contributed by atoms with van der Waals surface area (Å²) in [6, 6.07) is 0. The van der Waals surface area contributed by atoms with Crippen LogP contribution in [0.15, 0.2) is 12.4 Å². The van der Waals surface area contributed by atoms with Crippen LogP contribution in [0.1, 0.15) is 16.8 Å². The van der Waals surface area contributed by atoms with E-state index in [2.05, 4.69) is 25.3 Å². The first-order valence-electron chi connectivity index (χ1n) is 5.77. The van der Waals surface area contributed by atoms with Crippen LogP contribution in [0.25, 0.3) is 0 Å². The molecule has 19 heavy (non-hydrogen) atoms. The van der Waals surface area contributed by atoms with Crippen LogP contribution in [0.5, 0.6) is 0 Å². The molecule has 9 heteroatoms. The summed E-state index contributed by atoms with van der Waals surface area (Å²) in [5.41, 5.74) is 6.09. The molecular formula is C10H15N7OS. The highest BCUT2D eigenvalue weighted by Gasteiger charge is 2.17. The molecular weight excluding hydrogens is 266 g/mol. The predicted octanol–water partition coefficient (Wildman–Crippen LogP) is 0.179. The first-order valence-corrected chi connectivity index (χ1v) is 6.55. The minimum Gasteiger partial charge on any atom is -0.382 e. The Hall–Kier alpha value is -2.16. The van der Waals surface area contributed by atoms with Crippen LogP contribution in [0, 0.1) is 0 Å². The number of carbonyl (C=O) groups excluding carboxylic acids is 1. The zero-order valence-corrected chi connectivity index (χ0v) is 11.3. The molecule has 8 nitrogen and oxygen atoms in total. The highest BCUT2D eigenvalue weighted by molar-refractivity contribution is 7.11. The molecule has 0 aliphatic rings. The molecule has 0 saturated heterocycles. The number of nitrogens with two attached hydrogens (primary N) is 1. The van der Waals surface area contributed by atoms with Crippen LogP contribution < -0.4 is 16.4 Å². The number of nitrogens with one attached hydrogen (secondary N) is 2. The number of hydrogen-bond donors (Lipinski definition) is 3. The maximum Gasteiger partial charge on any atom is 0.257 e. The molecule has 0 bridgehead atoms. The van der Waals surface area contributed by atoms with Crippen molar-refractivity contribution in [1.29, 1.82) is 0 Å². The van der Waals surface area contributed by atoms with E-state index in [0.717, 1.165) is 13.0 Å². The van der Waals surface area contributed by atoms with E-state index in [1.54, 1.807) is 24.1 Å². The molecule has 2 rings (SSSR count). The molecule has 2 aromatic heterocycles. The van der Waals surface area contributed by atoms with Crippen LogP contribution in [0.4, 0.5) is 10.8 Å². The zero-order chi connectivity index (χ0) is 13.7. The molecule has 0 saturated carbocycles. The smallest absolute Gasteiger partial charge is 0.257 e. The topological polar surface area (TPSA) is 111 Å². The third-order valence-electron chi connectivity index (χ3n) is 2.49. The van der Waals surface area contributed by atoms with Crippen LogP contribution in [0.2, 0.25) is 0 Å². The Bertz CT molecular complexity index is 536. The van der Waals surface area contributed by atoms with Gasteiger partial charge >= 0.3 is 0 Å². The summed E-state index contributed by atoms with van der Waals surface area (Å²) in [5.74, 6) is 0.0214. The number of aromatic nitrogens is 4. The molecule has 102 valence electrons. The minimum absolute atomic E-state index is 0.231. The van der Waals surface area contributed by atoms with Gasteiger partial charge in [0.1, 0.15) is 10.6 Å². The molecule has 0 radical (unpaired) electrons. The summed E-state index contributed by atoms with van der Waals surface area (Å²) in [6.07, 6.45) is 4.30. The van der Waals surface area contributed by atoms with Crippen LogP contribution in [-0.2, 0) is 6.54 Å². The van der Waals surface area contributed by atoms with Crippen molar-refractivity contribution in [3.8, 4) is 0 Å². The molecule has 4 N–H and O–H groups in total. The lowest BCUT2D eigenvalue weighted by molar-refractivity contribution is 0.0965. The number of nitrogens with zero attached hydrogens (tertiary/aromatic N) is 4. The van der Waals surface area contributed by atoms with Crippen LogP contribution >= 0.6 is 11.5 Å². The Morgan fingerprint density at radius 3 is 3.11 bits per heavy atom. The van der Waals surface area contributed by atoms with Crippen molar-refractivity contribution < 1.29 is 4.79 Å². The fourth-order valence-electron chi connectivity index (χ4n) is 1.56. The van der Waals surface area contributed by atoms with Gasteiger partial charge in [0, 0.05) is 26.3 Å². The largest absolute Gasteiger partial charge is 0.382 e. The van der Waals surface area contributed by atoms with Crippen molar-refractivity contribution in [2.45, 2.75) is 13.0 Å². The molecule has 0 aliphatic carbocycles. The Balaban J connectivity index is 1.87. The fraction of sp³-hybridized carbons (Fsp3) is 0.400. The molecule has 2 heterocycles. The number of rotatable bonds is 6. The number of amides is 1. The summed E-state index contributed by atoms with van der Waals surface area (Å²) in [7, 11) is 1.56. The second-order valence-electron chi connectivity index (χ2n) is 3.80. The molecule has 0 atom stereocenters. The molecule has 0 fully saturated rings. The van der Waals surface area contributed by atoms with E-state index in [1.165, 1.54) is 11.5 Å². The molecule has 1 amide bonds. The average Bonchev–Trinajstić information content (AvgIpc) is 3.04. The fourth-order valence-corrected chi connectivity index (χ4v) is 2.30. The van der Waals surface area contributed by atoms with Crippen molar-refractivity contribution in [3.63, 3.8) is 0 Å². The predicted molar refractivity (Wildman–Crippen MR) is 73.0 cm³/mol. The second kappa shape index (κ2) is 6.14. The van der Waals surface area contributed by atoms with E-state index in [0.29, 0.717) is 17.1 Å². The third-order valence-corrected chi connectivity index (χ3v) is 3.31. The van der Waals surface area contributed by atoms with E-state index in [4.69, 9.17) is 5.73 Å². The van der Waals surface area contributed by atoms with Gasteiger partial charge < -0.3 is 16.4 Å². The maximum absolute atomic E-state index is 11.6. The standard InChI is InChI=1S/C10H15N7OS/c1-12-9(18)7-8(11)15-19-10(7)13-3-2-5-17-6-4-14-16-17/h4,6,13H,2-3,5H2,1H3,(H2,11,15)(H,12,18). The lowest BCUT2D eigenvalue weighted by Crippen LogP contribution is -2.20. The van der Waals surface area contributed by atoms with Gasteiger partial charge in [-0.05, 0) is 18.0 Å². The van der Waals surface area contributed by atoms with Gasteiger partial charge in [-0.2, -0.15) is 4.37 Å². The van der Waals surface area contributed by atoms with Crippen molar-refractivity contribution in [2.75, 3.05) is 24.6 Å². The Morgan fingerprint density at radius 2 is 2.42 bits per heavy atom. The summed E-state index contributed by atoms with van der Waals surface area (Å²) in [4.78, 5) is 11.6. The van der Waals surface area contributed by atoms with Gasteiger partial charge in [-0.15, -0.1) is 5.10 Å². The van der Waals surface area contributed by atoms with E-state index in [9.17, 15) is 4.79 Å². The van der Waals surface area contributed by atoms with E-state index < -0.39 is 0 Å². The molecule has 2 aromatic rings. The summed E-state index contributed by atoms with van der Waals surface area (Å²) in [6.45, 7) is 1.46. The number of anilines is 2. The molecule has 0 aromatic carbocycles. The zero-order valence-electron chi connectivity index (χ0n) is 10.5. The molecule has 0 unspecified atom stereocenters. The van der Waals surface area contributed by atoms with Gasteiger partial charge in [-0.1, -0.05) is 5.21 Å². The Kier molecular flexibility index (Phi) is 4.29. The monoisotopic (exact) mass is 281 g/mol. The van der Waals surface area contributed by atoms with Crippen molar-refractivity contribution in [1.82, 2.24) is 24.7 Å². The number of carbonyl (C=O) groups is 1. The van der Waals surface area contributed by atoms with Gasteiger partial charge in [-0.3, -0.25) is 9.48 Å². The quantitative estimate of drug-likeness (QED) is 0.651. The lowest BCUT2D eigenvalue weighted by atomic mass is 10.3. The number of aryl methyl sites for hydroxylation is 1. The second-order valence-corrected chi connectivity index (χ2v) is 4.57. The minimum atomic E-state index is -0.231. The van der Waals surface area contributed by atoms with Crippen LogP contribution in [-0.4, -0.2) is 38.9 Å². The summed E-state index contributed by atoms with van der Waals surface area (Å²) in [5, 5.41) is 14.0. The van der Waals surface area contributed by atoms with Gasteiger partial charge in [0.05, 0.1) is 6.20 Å². The Labute approximate surface area is 114 Å². The van der Waals surface area contributed by atoms with Gasteiger partial charge in [0.25, 0.3) is 5.91 Å².